The van der Waals surface area contributed by atoms with Crippen LogP contribution >= 0.6 is 11.6 Å². The van der Waals surface area contributed by atoms with Crippen LogP contribution in [0.4, 0.5) is 0 Å². The number of benzene rings is 2. The average molecular weight is 289 g/mol. The molecule has 0 bridgehead atoms. The number of carbonyl (C=O) groups is 1. The van der Waals surface area contributed by atoms with Crippen LogP contribution in [-0.4, -0.2) is 12.4 Å². The van der Waals surface area contributed by atoms with Crippen molar-refractivity contribution < 1.29 is 14.3 Å². The summed E-state index contributed by atoms with van der Waals surface area (Å²) in [5.74, 6) is 1.42. The molecule has 3 nitrogen and oxygen atoms in total. The third-order valence-electron chi connectivity index (χ3n) is 3.16. The standard InChI is InChI=1S/C16H13ClO3/c17-12-3-1-11(2-4-12)10-20-13-5-6-14-15(18)7-8-19-16(14)9-13/h1-6,9H,7-8,10H2. The van der Waals surface area contributed by atoms with E-state index >= 15 is 0 Å². The molecule has 0 saturated heterocycles. The Morgan fingerprint density at radius 2 is 1.95 bits per heavy atom. The third kappa shape index (κ3) is 2.78. The first-order chi connectivity index (χ1) is 9.72. The molecular weight excluding hydrogens is 276 g/mol. The first kappa shape index (κ1) is 13.0. The van der Waals surface area contributed by atoms with Crippen molar-refractivity contribution >= 4 is 17.4 Å². The van der Waals surface area contributed by atoms with E-state index in [2.05, 4.69) is 0 Å². The lowest BCUT2D eigenvalue weighted by molar-refractivity contribution is 0.0933. The first-order valence-corrected chi connectivity index (χ1v) is 6.77. The Hall–Kier alpha value is -2.00. The Bertz CT molecular complexity index is 635. The van der Waals surface area contributed by atoms with Crippen molar-refractivity contribution in [3.05, 3.63) is 58.6 Å². The number of halogens is 1. The highest BCUT2D eigenvalue weighted by Gasteiger charge is 2.18. The van der Waals surface area contributed by atoms with Crippen molar-refractivity contribution in [1.29, 1.82) is 0 Å². The Morgan fingerprint density at radius 1 is 1.15 bits per heavy atom. The molecule has 20 heavy (non-hydrogen) atoms. The van der Waals surface area contributed by atoms with Gasteiger partial charge in [0.2, 0.25) is 0 Å². The molecule has 2 aromatic rings. The molecular formula is C16H13ClO3. The number of hydrogen-bond donors (Lipinski definition) is 0. The summed E-state index contributed by atoms with van der Waals surface area (Å²) in [4.78, 5) is 11.7. The van der Waals surface area contributed by atoms with Gasteiger partial charge >= 0.3 is 0 Å². The first-order valence-electron chi connectivity index (χ1n) is 6.40. The lowest BCUT2D eigenvalue weighted by Gasteiger charge is -2.17. The summed E-state index contributed by atoms with van der Waals surface area (Å²) in [6.45, 7) is 0.885. The van der Waals surface area contributed by atoms with E-state index in [0.717, 1.165) is 5.56 Å². The number of hydrogen-bond acceptors (Lipinski definition) is 3. The molecule has 0 aliphatic carbocycles. The Kier molecular flexibility index (Phi) is 3.61. The van der Waals surface area contributed by atoms with E-state index in [0.29, 0.717) is 41.7 Å². The van der Waals surface area contributed by atoms with Gasteiger partial charge in [0.05, 0.1) is 12.2 Å². The Labute approximate surface area is 122 Å². The average Bonchev–Trinajstić information content (AvgIpc) is 2.47. The SMILES string of the molecule is O=C1CCOc2cc(OCc3ccc(Cl)cc3)ccc21. The topological polar surface area (TPSA) is 35.5 Å². The van der Waals surface area contributed by atoms with Crippen LogP contribution in [0.2, 0.25) is 5.02 Å². The molecule has 0 atom stereocenters. The van der Waals surface area contributed by atoms with E-state index in [1.54, 1.807) is 18.2 Å². The van der Waals surface area contributed by atoms with Gasteiger partial charge < -0.3 is 9.47 Å². The highest BCUT2D eigenvalue weighted by atomic mass is 35.5. The summed E-state index contributed by atoms with van der Waals surface area (Å²) in [5, 5.41) is 0.703. The number of ether oxygens (including phenoxy) is 2. The van der Waals surface area contributed by atoms with Crippen molar-refractivity contribution in [2.75, 3.05) is 6.61 Å². The molecule has 1 heterocycles. The minimum atomic E-state index is 0.121. The Morgan fingerprint density at radius 3 is 2.75 bits per heavy atom. The van der Waals surface area contributed by atoms with Crippen LogP contribution in [-0.2, 0) is 6.61 Å². The largest absolute Gasteiger partial charge is 0.492 e. The summed E-state index contributed by atoms with van der Waals surface area (Å²) < 4.78 is 11.2. The second-order valence-corrected chi connectivity index (χ2v) is 5.03. The molecule has 0 fully saturated rings. The monoisotopic (exact) mass is 288 g/mol. The molecule has 3 rings (SSSR count). The van der Waals surface area contributed by atoms with E-state index in [4.69, 9.17) is 21.1 Å². The molecule has 0 spiro atoms. The second kappa shape index (κ2) is 5.55. The van der Waals surface area contributed by atoms with Gasteiger partial charge in [-0.05, 0) is 29.8 Å². The van der Waals surface area contributed by atoms with Crippen LogP contribution in [0.3, 0.4) is 0 Å². The number of ketones is 1. The molecule has 0 unspecified atom stereocenters. The van der Waals surface area contributed by atoms with E-state index < -0.39 is 0 Å². The van der Waals surface area contributed by atoms with Gasteiger partial charge in [-0.25, -0.2) is 0 Å². The van der Waals surface area contributed by atoms with Crippen molar-refractivity contribution in [2.24, 2.45) is 0 Å². The predicted octanol–water partition coefficient (Wildman–Crippen LogP) is 3.88. The maximum Gasteiger partial charge on any atom is 0.169 e. The molecule has 0 amide bonds. The number of Topliss-reactive ketones (excluding diaryl/α,β-unsaturated/α-hetero) is 1. The van der Waals surface area contributed by atoms with E-state index in [1.165, 1.54) is 0 Å². The van der Waals surface area contributed by atoms with Crippen molar-refractivity contribution in [3.63, 3.8) is 0 Å². The van der Waals surface area contributed by atoms with Gasteiger partial charge in [-0.3, -0.25) is 4.79 Å². The fourth-order valence-electron chi connectivity index (χ4n) is 2.08. The van der Waals surface area contributed by atoms with Gasteiger partial charge in [0.25, 0.3) is 0 Å². The number of rotatable bonds is 3. The fraction of sp³-hybridized carbons (Fsp3) is 0.188. The van der Waals surface area contributed by atoms with Gasteiger partial charge in [0.1, 0.15) is 18.1 Å². The van der Waals surface area contributed by atoms with Crippen molar-refractivity contribution in [1.82, 2.24) is 0 Å². The third-order valence-corrected chi connectivity index (χ3v) is 3.41. The zero-order valence-electron chi connectivity index (χ0n) is 10.8. The Balaban J connectivity index is 1.72. The van der Waals surface area contributed by atoms with E-state index in [1.807, 2.05) is 24.3 Å². The molecule has 102 valence electrons. The lowest BCUT2D eigenvalue weighted by Crippen LogP contribution is -2.15. The minimum Gasteiger partial charge on any atom is -0.492 e. The van der Waals surface area contributed by atoms with Crippen molar-refractivity contribution in [2.45, 2.75) is 13.0 Å². The van der Waals surface area contributed by atoms with Crippen LogP contribution < -0.4 is 9.47 Å². The molecule has 1 aliphatic rings. The minimum absolute atomic E-state index is 0.121. The summed E-state index contributed by atoms with van der Waals surface area (Å²) in [7, 11) is 0. The van der Waals surface area contributed by atoms with Gasteiger partial charge in [0, 0.05) is 17.5 Å². The van der Waals surface area contributed by atoms with E-state index in [-0.39, 0.29) is 5.78 Å². The molecule has 0 saturated carbocycles. The van der Waals surface area contributed by atoms with Gasteiger partial charge in [-0.1, -0.05) is 23.7 Å². The molecule has 4 heteroatoms. The maximum atomic E-state index is 11.7. The normalized spacial score (nSPS) is 13.6. The molecule has 0 N–H and O–H groups in total. The highest BCUT2D eigenvalue weighted by molar-refractivity contribution is 6.30. The van der Waals surface area contributed by atoms with Crippen LogP contribution in [0.25, 0.3) is 0 Å². The van der Waals surface area contributed by atoms with Crippen LogP contribution in [0.5, 0.6) is 11.5 Å². The number of fused-ring (bicyclic) bond motifs is 1. The zero-order chi connectivity index (χ0) is 13.9. The maximum absolute atomic E-state index is 11.7. The summed E-state index contributed by atoms with van der Waals surface area (Å²) in [5.41, 5.74) is 1.67. The summed E-state index contributed by atoms with van der Waals surface area (Å²) in [6.07, 6.45) is 0.442. The second-order valence-electron chi connectivity index (χ2n) is 4.59. The van der Waals surface area contributed by atoms with Crippen LogP contribution in [0.1, 0.15) is 22.3 Å². The van der Waals surface area contributed by atoms with E-state index in [9.17, 15) is 4.79 Å². The van der Waals surface area contributed by atoms with Gasteiger partial charge in [-0.2, -0.15) is 0 Å². The quantitative estimate of drug-likeness (QED) is 0.860. The molecule has 2 aromatic carbocycles. The zero-order valence-corrected chi connectivity index (χ0v) is 11.5. The summed E-state index contributed by atoms with van der Waals surface area (Å²) >= 11 is 5.83. The predicted molar refractivity (Wildman–Crippen MR) is 76.7 cm³/mol. The highest BCUT2D eigenvalue weighted by Crippen LogP contribution is 2.29. The van der Waals surface area contributed by atoms with Gasteiger partial charge in [-0.15, -0.1) is 0 Å². The fourth-order valence-corrected chi connectivity index (χ4v) is 2.20. The van der Waals surface area contributed by atoms with Crippen LogP contribution in [0, 0.1) is 0 Å². The summed E-state index contributed by atoms with van der Waals surface area (Å²) in [6, 6.07) is 12.8. The number of carbonyl (C=O) groups excluding carboxylic acids is 1. The van der Waals surface area contributed by atoms with Crippen molar-refractivity contribution in [3.8, 4) is 11.5 Å². The van der Waals surface area contributed by atoms with Crippen LogP contribution in [0.15, 0.2) is 42.5 Å². The molecule has 1 aliphatic heterocycles. The smallest absolute Gasteiger partial charge is 0.169 e. The van der Waals surface area contributed by atoms with Gasteiger partial charge in [0.15, 0.2) is 5.78 Å². The lowest BCUT2D eigenvalue weighted by atomic mass is 10.1. The molecule has 0 radical (unpaired) electrons. The molecule has 0 aromatic heterocycles.